The molecule has 0 fully saturated rings. The van der Waals surface area contributed by atoms with Gasteiger partial charge in [-0.25, -0.2) is 4.98 Å². The number of hydrogen-bond acceptors (Lipinski definition) is 3. The van der Waals surface area contributed by atoms with Crippen molar-refractivity contribution in [2.45, 2.75) is 0 Å². The summed E-state index contributed by atoms with van der Waals surface area (Å²) in [5.74, 6) is 0. The van der Waals surface area contributed by atoms with E-state index in [4.69, 9.17) is 10.7 Å². The van der Waals surface area contributed by atoms with Crippen molar-refractivity contribution >= 4 is 27.5 Å². The molecule has 0 aliphatic carbocycles. The van der Waals surface area contributed by atoms with Crippen molar-refractivity contribution in [3.05, 3.63) is 66.9 Å². The van der Waals surface area contributed by atoms with Crippen LogP contribution in [-0.4, -0.2) is 9.97 Å². The van der Waals surface area contributed by atoms with Crippen molar-refractivity contribution < 1.29 is 0 Å². The third-order valence-electron chi connectivity index (χ3n) is 3.67. The summed E-state index contributed by atoms with van der Waals surface area (Å²) in [7, 11) is 0. The summed E-state index contributed by atoms with van der Waals surface area (Å²) in [6, 6.07) is 20.0. The van der Waals surface area contributed by atoms with Gasteiger partial charge in [0.2, 0.25) is 0 Å². The number of nitrogen functional groups attached to an aromatic ring is 1. The summed E-state index contributed by atoms with van der Waals surface area (Å²) in [5, 5.41) is 2.18. The van der Waals surface area contributed by atoms with Crippen LogP contribution in [0.4, 0.5) is 5.69 Å². The Balaban J connectivity index is 2.05. The van der Waals surface area contributed by atoms with Crippen molar-refractivity contribution in [2.24, 2.45) is 0 Å². The normalized spacial score (nSPS) is 11.0. The molecule has 0 spiro atoms. The Hall–Kier alpha value is -2.94. The Kier molecular flexibility index (Phi) is 2.57. The molecule has 0 bridgehead atoms. The molecule has 0 aliphatic rings. The molecule has 0 saturated carbocycles. The zero-order valence-corrected chi connectivity index (χ0v) is 11.3. The molecule has 2 aromatic carbocycles. The summed E-state index contributed by atoms with van der Waals surface area (Å²) in [6.07, 6.45) is 1.80. The van der Waals surface area contributed by atoms with Gasteiger partial charge in [-0.2, -0.15) is 0 Å². The largest absolute Gasteiger partial charge is 0.398 e. The fourth-order valence-corrected chi connectivity index (χ4v) is 2.60. The van der Waals surface area contributed by atoms with Crippen molar-refractivity contribution in [3.63, 3.8) is 0 Å². The average molecular weight is 271 g/mol. The highest BCUT2D eigenvalue weighted by Crippen LogP contribution is 2.28. The molecule has 0 radical (unpaired) electrons. The number of hydrogen-bond donors (Lipinski definition) is 1. The van der Waals surface area contributed by atoms with Crippen LogP contribution in [0.1, 0.15) is 0 Å². The molecule has 2 heterocycles. The SMILES string of the molecule is Nc1ccccc1-c1ccc2ccc3cccnc3c2n1. The molecule has 0 saturated heterocycles. The van der Waals surface area contributed by atoms with E-state index in [0.717, 1.165) is 38.8 Å². The topological polar surface area (TPSA) is 51.8 Å². The first-order chi connectivity index (χ1) is 10.3. The first-order valence-corrected chi connectivity index (χ1v) is 6.82. The van der Waals surface area contributed by atoms with Gasteiger partial charge in [0.1, 0.15) is 0 Å². The second-order valence-electron chi connectivity index (χ2n) is 5.00. The Morgan fingerprint density at radius 1 is 0.714 bits per heavy atom. The number of anilines is 1. The fraction of sp³-hybridized carbons (Fsp3) is 0. The average Bonchev–Trinajstić information content (AvgIpc) is 2.55. The van der Waals surface area contributed by atoms with Gasteiger partial charge in [0.05, 0.1) is 16.7 Å². The molecule has 0 aliphatic heterocycles. The summed E-state index contributed by atoms with van der Waals surface area (Å²) in [6.45, 7) is 0. The minimum atomic E-state index is 0.734. The van der Waals surface area contributed by atoms with Crippen LogP contribution >= 0.6 is 0 Å². The Labute approximate surface area is 122 Å². The lowest BCUT2D eigenvalue weighted by Crippen LogP contribution is -1.92. The predicted molar refractivity (Wildman–Crippen MR) is 86.9 cm³/mol. The van der Waals surface area contributed by atoms with Gasteiger partial charge in [-0.15, -0.1) is 0 Å². The van der Waals surface area contributed by atoms with Crippen molar-refractivity contribution in [1.29, 1.82) is 0 Å². The molecule has 2 N–H and O–H groups in total. The highest BCUT2D eigenvalue weighted by Gasteiger charge is 2.07. The van der Waals surface area contributed by atoms with Crippen LogP contribution in [0, 0.1) is 0 Å². The van der Waals surface area contributed by atoms with Crippen molar-refractivity contribution in [2.75, 3.05) is 5.73 Å². The minimum Gasteiger partial charge on any atom is -0.398 e. The number of nitrogens with two attached hydrogens (primary N) is 1. The van der Waals surface area contributed by atoms with E-state index in [9.17, 15) is 0 Å². The van der Waals surface area contributed by atoms with Crippen LogP contribution in [0.25, 0.3) is 33.1 Å². The number of pyridine rings is 2. The monoisotopic (exact) mass is 271 g/mol. The van der Waals surface area contributed by atoms with E-state index in [-0.39, 0.29) is 0 Å². The number of rotatable bonds is 1. The second-order valence-corrected chi connectivity index (χ2v) is 5.00. The van der Waals surface area contributed by atoms with Gasteiger partial charge >= 0.3 is 0 Å². The van der Waals surface area contributed by atoms with E-state index in [0.29, 0.717) is 0 Å². The van der Waals surface area contributed by atoms with Crippen LogP contribution in [0.3, 0.4) is 0 Å². The lowest BCUT2D eigenvalue weighted by molar-refractivity contribution is 1.37. The second kappa shape index (κ2) is 4.56. The molecule has 3 nitrogen and oxygen atoms in total. The summed E-state index contributed by atoms with van der Waals surface area (Å²) in [5.41, 5.74) is 10.4. The molecule has 4 rings (SSSR count). The third kappa shape index (κ3) is 1.91. The highest BCUT2D eigenvalue weighted by molar-refractivity contribution is 6.03. The summed E-state index contributed by atoms with van der Waals surface area (Å²) in [4.78, 5) is 9.26. The van der Waals surface area contributed by atoms with Gasteiger partial charge in [-0.05, 0) is 18.2 Å². The predicted octanol–water partition coefficient (Wildman–Crippen LogP) is 4.03. The summed E-state index contributed by atoms with van der Waals surface area (Å²) >= 11 is 0. The Morgan fingerprint density at radius 2 is 1.48 bits per heavy atom. The molecule has 3 heteroatoms. The molecule has 21 heavy (non-hydrogen) atoms. The van der Waals surface area contributed by atoms with E-state index in [2.05, 4.69) is 23.2 Å². The van der Waals surface area contributed by atoms with E-state index >= 15 is 0 Å². The summed E-state index contributed by atoms with van der Waals surface area (Å²) < 4.78 is 0. The number of aromatic nitrogens is 2. The number of nitrogens with zero attached hydrogens (tertiary/aromatic N) is 2. The smallest absolute Gasteiger partial charge is 0.0972 e. The standard InChI is InChI=1S/C18H13N3/c19-15-6-2-1-5-14(15)16-10-9-13-8-7-12-4-3-11-20-17(12)18(13)21-16/h1-11H,19H2. The van der Waals surface area contributed by atoms with E-state index < -0.39 is 0 Å². The van der Waals surface area contributed by atoms with E-state index in [1.54, 1.807) is 6.20 Å². The Bertz CT molecular complexity index is 961. The maximum absolute atomic E-state index is 6.05. The van der Waals surface area contributed by atoms with Crippen LogP contribution in [0.5, 0.6) is 0 Å². The third-order valence-corrected chi connectivity index (χ3v) is 3.67. The fourth-order valence-electron chi connectivity index (χ4n) is 2.60. The first-order valence-electron chi connectivity index (χ1n) is 6.82. The molecular formula is C18H13N3. The van der Waals surface area contributed by atoms with Crippen LogP contribution < -0.4 is 5.73 Å². The molecule has 2 aromatic heterocycles. The van der Waals surface area contributed by atoms with Crippen LogP contribution in [0.15, 0.2) is 66.9 Å². The van der Waals surface area contributed by atoms with Gasteiger partial charge in [0.25, 0.3) is 0 Å². The van der Waals surface area contributed by atoms with Gasteiger partial charge in [-0.3, -0.25) is 4.98 Å². The molecule has 0 unspecified atom stereocenters. The Morgan fingerprint density at radius 3 is 2.33 bits per heavy atom. The van der Waals surface area contributed by atoms with E-state index in [1.165, 1.54) is 0 Å². The van der Waals surface area contributed by atoms with Gasteiger partial charge < -0.3 is 5.73 Å². The van der Waals surface area contributed by atoms with Crippen LogP contribution in [-0.2, 0) is 0 Å². The number of fused-ring (bicyclic) bond motifs is 3. The zero-order valence-electron chi connectivity index (χ0n) is 11.3. The van der Waals surface area contributed by atoms with E-state index in [1.807, 2.05) is 42.5 Å². The quantitative estimate of drug-likeness (QED) is 0.420. The van der Waals surface area contributed by atoms with Gasteiger partial charge in [0, 0.05) is 28.2 Å². The lowest BCUT2D eigenvalue weighted by atomic mass is 10.1. The molecule has 4 aromatic rings. The maximum atomic E-state index is 6.05. The van der Waals surface area contributed by atoms with Crippen LogP contribution in [0.2, 0.25) is 0 Å². The van der Waals surface area contributed by atoms with Crippen molar-refractivity contribution in [1.82, 2.24) is 9.97 Å². The lowest BCUT2D eigenvalue weighted by Gasteiger charge is -2.07. The van der Waals surface area contributed by atoms with Gasteiger partial charge in [-0.1, -0.05) is 42.5 Å². The molecule has 0 amide bonds. The number of benzene rings is 2. The maximum Gasteiger partial charge on any atom is 0.0972 e. The van der Waals surface area contributed by atoms with Gasteiger partial charge in [0.15, 0.2) is 0 Å². The minimum absolute atomic E-state index is 0.734. The number of para-hydroxylation sites is 1. The molecular weight excluding hydrogens is 258 g/mol. The highest BCUT2D eigenvalue weighted by atomic mass is 14.8. The molecule has 100 valence electrons. The zero-order chi connectivity index (χ0) is 14.2. The first kappa shape index (κ1) is 11.9. The molecule has 0 atom stereocenters. The van der Waals surface area contributed by atoms with Crippen molar-refractivity contribution in [3.8, 4) is 11.3 Å².